The first-order valence-corrected chi connectivity index (χ1v) is 25.4. The van der Waals surface area contributed by atoms with Crippen molar-refractivity contribution in [1.82, 2.24) is 5.32 Å². The summed E-state index contributed by atoms with van der Waals surface area (Å²) in [4.78, 5) is 13.1. The molecule has 2 aliphatic rings. The number of nitrogens with one attached hydrogen (secondary N) is 1. The number of carbonyl (C=O) groups excluding carboxylic acids is 1. The van der Waals surface area contributed by atoms with Crippen molar-refractivity contribution in [3.8, 4) is 0 Å². The maximum absolute atomic E-state index is 13.1. The third-order valence-corrected chi connectivity index (χ3v) is 12.3. The topological polar surface area (TPSA) is 228 Å². The molecule has 0 aromatic rings. The summed E-state index contributed by atoms with van der Waals surface area (Å²) in [6.07, 6.45) is 27.0. The summed E-state index contributed by atoms with van der Waals surface area (Å²) in [5.74, 6) is -0.288. The van der Waals surface area contributed by atoms with Crippen LogP contribution in [0.25, 0.3) is 0 Å². The van der Waals surface area contributed by atoms with Gasteiger partial charge in [-0.1, -0.05) is 178 Å². The summed E-state index contributed by atoms with van der Waals surface area (Å²) in [5.41, 5.74) is 0. The van der Waals surface area contributed by atoms with Gasteiger partial charge in [0.15, 0.2) is 12.6 Å². The lowest BCUT2D eigenvalue weighted by Crippen LogP contribution is -2.65. The second-order valence-corrected chi connectivity index (χ2v) is 17.9. The molecule has 2 fully saturated rings. The molecule has 0 radical (unpaired) electrons. The average Bonchev–Trinajstić information content (AvgIpc) is 3.30. The molecule has 12 atom stereocenters. The number of unbranched alkanes of at least 4 members (excludes halogenated alkanes) is 17. The monoisotopic (exact) mass is 926 g/mol. The summed E-state index contributed by atoms with van der Waals surface area (Å²) < 4.78 is 22.7. The van der Waals surface area contributed by atoms with Gasteiger partial charge in [0.1, 0.15) is 48.8 Å². The van der Waals surface area contributed by atoms with Gasteiger partial charge < -0.3 is 65.1 Å². The molecule has 14 heteroatoms. The lowest BCUT2D eigenvalue weighted by Gasteiger charge is -2.46. The Bertz CT molecular complexity index is 1280. The molecule has 2 heterocycles. The van der Waals surface area contributed by atoms with E-state index < -0.39 is 86.8 Å². The van der Waals surface area contributed by atoms with E-state index in [1.165, 1.54) is 89.9 Å². The van der Waals surface area contributed by atoms with Crippen LogP contribution >= 0.6 is 0 Å². The predicted molar refractivity (Wildman–Crippen MR) is 254 cm³/mol. The van der Waals surface area contributed by atoms with Crippen molar-refractivity contribution in [2.45, 2.75) is 248 Å². The summed E-state index contributed by atoms with van der Waals surface area (Å²) >= 11 is 0. The number of aliphatic hydroxyl groups excluding tert-OH is 8. The van der Waals surface area contributed by atoms with Gasteiger partial charge in [0.2, 0.25) is 5.91 Å². The molecule has 378 valence electrons. The van der Waals surface area contributed by atoms with Gasteiger partial charge in [0.25, 0.3) is 0 Å². The molecule has 1 amide bonds. The molecule has 2 aliphatic heterocycles. The molecule has 0 bridgehead atoms. The smallest absolute Gasteiger partial charge is 0.220 e. The zero-order valence-electron chi connectivity index (χ0n) is 40.0. The van der Waals surface area contributed by atoms with Crippen molar-refractivity contribution in [1.29, 1.82) is 0 Å². The highest BCUT2D eigenvalue weighted by Crippen LogP contribution is 2.30. The molecule has 14 nitrogen and oxygen atoms in total. The fourth-order valence-electron chi connectivity index (χ4n) is 8.19. The van der Waals surface area contributed by atoms with Crippen LogP contribution in [0.15, 0.2) is 48.6 Å². The van der Waals surface area contributed by atoms with E-state index in [9.17, 15) is 45.6 Å². The van der Waals surface area contributed by atoms with E-state index >= 15 is 0 Å². The number of aliphatic hydroxyl groups is 8. The lowest BCUT2D eigenvalue weighted by atomic mass is 9.97. The Morgan fingerprint density at radius 3 is 1.54 bits per heavy atom. The Morgan fingerprint density at radius 2 is 1.03 bits per heavy atom. The summed E-state index contributed by atoms with van der Waals surface area (Å²) in [6, 6.07) is -0.866. The Labute approximate surface area is 391 Å². The number of ether oxygens (including phenoxy) is 4. The van der Waals surface area contributed by atoms with Crippen molar-refractivity contribution >= 4 is 5.91 Å². The first-order valence-electron chi connectivity index (χ1n) is 25.4. The van der Waals surface area contributed by atoms with E-state index in [0.29, 0.717) is 12.8 Å². The van der Waals surface area contributed by atoms with E-state index in [1.54, 1.807) is 0 Å². The second-order valence-electron chi connectivity index (χ2n) is 17.9. The number of hydrogen-bond acceptors (Lipinski definition) is 13. The predicted octanol–water partition coefficient (Wildman–Crippen LogP) is 6.49. The Hall–Kier alpha value is -2.05. The van der Waals surface area contributed by atoms with Gasteiger partial charge in [-0.2, -0.15) is 0 Å². The Balaban J connectivity index is 1.85. The van der Waals surface area contributed by atoms with Crippen LogP contribution in [0.2, 0.25) is 0 Å². The molecule has 0 aliphatic carbocycles. The molecular formula is C51H91NO13. The van der Waals surface area contributed by atoms with Gasteiger partial charge in [0.05, 0.1) is 32.0 Å². The maximum atomic E-state index is 13.1. The maximum Gasteiger partial charge on any atom is 0.220 e. The highest BCUT2D eigenvalue weighted by molar-refractivity contribution is 5.76. The lowest BCUT2D eigenvalue weighted by molar-refractivity contribution is -0.359. The SMILES string of the molecule is CC/C=C\C/C=C\C/C=C\C/C=C\CCC(=O)NC(COC1OC(CO)C(OC2OC(CO)C(O)C(O)C2O)C(O)C1O)C(O)CCCCCCCCCCCCCCCCCCCC. The molecule has 2 saturated heterocycles. The van der Waals surface area contributed by atoms with Crippen LogP contribution in [0.4, 0.5) is 0 Å². The summed E-state index contributed by atoms with van der Waals surface area (Å²) in [5, 5.41) is 86.8. The fraction of sp³-hybridized carbons (Fsp3) is 0.824. The first-order chi connectivity index (χ1) is 31.6. The van der Waals surface area contributed by atoms with Gasteiger partial charge in [-0.15, -0.1) is 0 Å². The molecule has 0 spiro atoms. The van der Waals surface area contributed by atoms with Crippen molar-refractivity contribution in [3.63, 3.8) is 0 Å². The summed E-state index contributed by atoms with van der Waals surface area (Å²) in [7, 11) is 0. The van der Waals surface area contributed by atoms with Crippen LogP contribution in [0.3, 0.4) is 0 Å². The molecule has 12 unspecified atom stereocenters. The number of amides is 1. The molecule has 0 saturated carbocycles. The van der Waals surface area contributed by atoms with E-state index in [-0.39, 0.29) is 18.9 Å². The van der Waals surface area contributed by atoms with Gasteiger partial charge in [-0.05, 0) is 38.5 Å². The average molecular weight is 926 g/mol. The number of rotatable bonds is 38. The highest BCUT2D eigenvalue weighted by Gasteiger charge is 2.51. The van der Waals surface area contributed by atoms with Crippen molar-refractivity contribution in [3.05, 3.63) is 48.6 Å². The van der Waals surface area contributed by atoms with Crippen LogP contribution in [0.1, 0.15) is 174 Å². The molecule has 65 heavy (non-hydrogen) atoms. The first kappa shape index (κ1) is 59.1. The number of allylic oxidation sites excluding steroid dienone is 8. The quantitative estimate of drug-likeness (QED) is 0.0239. The van der Waals surface area contributed by atoms with E-state index in [4.69, 9.17) is 18.9 Å². The fourth-order valence-corrected chi connectivity index (χ4v) is 8.19. The second kappa shape index (κ2) is 37.9. The van der Waals surface area contributed by atoms with E-state index in [2.05, 4.69) is 55.6 Å². The number of carbonyl (C=O) groups is 1. The van der Waals surface area contributed by atoms with Crippen molar-refractivity contribution in [2.24, 2.45) is 0 Å². The minimum absolute atomic E-state index is 0.182. The van der Waals surface area contributed by atoms with Gasteiger partial charge in [0, 0.05) is 6.42 Å². The Kier molecular flexibility index (Phi) is 34.4. The minimum atomic E-state index is -1.79. The zero-order chi connectivity index (χ0) is 47.5. The van der Waals surface area contributed by atoms with E-state index in [0.717, 1.165) is 51.4 Å². The van der Waals surface area contributed by atoms with Crippen molar-refractivity contribution < 1.29 is 64.6 Å². The van der Waals surface area contributed by atoms with Crippen LogP contribution in [0, 0.1) is 0 Å². The molecule has 0 aromatic heterocycles. The molecular weight excluding hydrogens is 835 g/mol. The number of hydrogen-bond donors (Lipinski definition) is 9. The van der Waals surface area contributed by atoms with E-state index in [1.807, 2.05) is 12.2 Å². The molecule has 9 N–H and O–H groups in total. The minimum Gasteiger partial charge on any atom is -0.394 e. The van der Waals surface area contributed by atoms with Crippen LogP contribution in [0.5, 0.6) is 0 Å². The molecule has 2 rings (SSSR count). The van der Waals surface area contributed by atoms with Crippen molar-refractivity contribution in [2.75, 3.05) is 19.8 Å². The van der Waals surface area contributed by atoms with Gasteiger partial charge in [-0.3, -0.25) is 4.79 Å². The third-order valence-electron chi connectivity index (χ3n) is 12.3. The van der Waals surface area contributed by atoms with Gasteiger partial charge >= 0.3 is 0 Å². The van der Waals surface area contributed by atoms with Crippen LogP contribution in [-0.4, -0.2) is 140 Å². The van der Waals surface area contributed by atoms with Crippen LogP contribution in [-0.2, 0) is 23.7 Å². The summed E-state index contributed by atoms with van der Waals surface area (Å²) in [6.45, 7) is 2.67. The van der Waals surface area contributed by atoms with Crippen LogP contribution < -0.4 is 5.32 Å². The van der Waals surface area contributed by atoms with Gasteiger partial charge in [-0.25, -0.2) is 0 Å². The third kappa shape index (κ3) is 25.2. The largest absolute Gasteiger partial charge is 0.394 e. The zero-order valence-corrected chi connectivity index (χ0v) is 40.0. The standard InChI is InChI=1S/C51H91NO13/c1-3-5-7-9-11-13-15-17-18-19-20-21-23-24-26-28-30-32-34-40(55)39(52-43(56)35-33-31-29-27-25-22-16-14-12-10-8-6-4-2)38-62-50-48(61)46(59)49(42(37-54)64-50)65-51-47(60)45(58)44(57)41(36-53)63-51/h6,8,12,14,22,25,29,31,39-42,44-51,53-55,57-61H,3-5,7,9-11,13,15-21,23-24,26-28,30,32-38H2,1-2H3,(H,52,56)/b8-6-,14-12-,25-22-,31-29-. The highest BCUT2D eigenvalue weighted by atomic mass is 16.7. The molecule has 0 aromatic carbocycles. The normalized spacial score (nSPS) is 27.4. The Morgan fingerprint density at radius 1 is 0.569 bits per heavy atom.